The molecule has 0 radical (unpaired) electrons. The largest absolute Gasteiger partial charge is 0.305 e. The molecule has 2 amide bonds. The van der Waals surface area contributed by atoms with Gasteiger partial charge in [0.25, 0.3) is 0 Å². The lowest BCUT2D eigenvalue weighted by Gasteiger charge is -2.14. The highest BCUT2D eigenvalue weighted by Crippen LogP contribution is 2.13. The third kappa shape index (κ3) is 4.06. The Balaban J connectivity index is 2.29. The number of likely N-dealkylation sites (tertiary alicyclic amines) is 1. The summed E-state index contributed by atoms with van der Waals surface area (Å²) in [5, 5.41) is 3.11. The highest BCUT2D eigenvalue weighted by molar-refractivity contribution is 7.99. The average molecular weight is 254 g/mol. The number of nitrogens with one attached hydrogen (secondary N) is 1. The third-order valence-electron chi connectivity index (χ3n) is 2.51. The summed E-state index contributed by atoms with van der Waals surface area (Å²) < 4.78 is 0. The Hall–Kier alpha value is -0.990. The van der Waals surface area contributed by atoms with Crippen LogP contribution in [-0.2, 0) is 9.59 Å². The van der Waals surface area contributed by atoms with Crippen LogP contribution < -0.4 is 5.32 Å². The second-order valence-corrected chi connectivity index (χ2v) is 4.96. The lowest BCUT2D eigenvalue weighted by Crippen LogP contribution is -2.39. The molecule has 5 heteroatoms. The summed E-state index contributed by atoms with van der Waals surface area (Å²) in [6.07, 6.45) is 6.23. The number of hydrogen-bond acceptors (Lipinski definition) is 4. The van der Waals surface area contributed by atoms with Crippen LogP contribution in [0.25, 0.3) is 0 Å². The van der Waals surface area contributed by atoms with Crippen LogP contribution in [0.1, 0.15) is 19.8 Å². The molecule has 1 rings (SSSR count). The normalized spacial score (nSPS) is 19.8. The van der Waals surface area contributed by atoms with Gasteiger partial charge in [0.2, 0.25) is 11.8 Å². The molecule has 0 bridgehead atoms. The maximum atomic E-state index is 11.8. The number of amides is 2. The van der Waals surface area contributed by atoms with Crippen molar-refractivity contribution in [1.29, 1.82) is 0 Å². The fourth-order valence-corrected chi connectivity index (χ4v) is 2.26. The summed E-state index contributed by atoms with van der Waals surface area (Å²) in [7, 11) is 0. The van der Waals surface area contributed by atoms with E-state index in [0.717, 1.165) is 12.2 Å². The molecule has 94 valence electrons. The molecule has 0 spiro atoms. The Morgan fingerprint density at radius 1 is 1.59 bits per heavy atom. The topological polar surface area (TPSA) is 49.4 Å². The van der Waals surface area contributed by atoms with Crippen LogP contribution in [0.15, 0.2) is 0 Å². The van der Waals surface area contributed by atoms with Gasteiger partial charge in [0.1, 0.15) is 0 Å². The molecule has 0 aromatic heterocycles. The van der Waals surface area contributed by atoms with Gasteiger partial charge in [-0.1, -0.05) is 12.8 Å². The molecular formula is C12H18N2O2S. The highest BCUT2D eigenvalue weighted by Gasteiger charge is 2.37. The molecule has 0 aromatic rings. The van der Waals surface area contributed by atoms with Gasteiger partial charge in [-0.05, 0) is 6.42 Å². The van der Waals surface area contributed by atoms with Crippen molar-refractivity contribution in [3.63, 3.8) is 0 Å². The monoisotopic (exact) mass is 254 g/mol. The van der Waals surface area contributed by atoms with Gasteiger partial charge in [-0.3, -0.25) is 14.5 Å². The molecule has 1 aliphatic heterocycles. The van der Waals surface area contributed by atoms with Crippen LogP contribution in [0.2, 0.25) is 0 Å². The van der Waals surface area contributed by atoms with Crippen molar-refractivity contribution in [2.75, 3.05) is 24.6 Å². The first kappa shape index (κ1) is 14.1. The Labute approximate surface area is 107 Å². The van der Waals surface area contributed by atoms with Crippen LogP contribution in [-0.4, -0.2) is 47.4 Å². The Bertz CT molecular complexity index is 325. The van der Waals surface area contributed by atoms with Crippen molar-refractivity contribution in [2.24, 2.45) is 0 Å². The van der Waals surface area contributed by atoms with Crippen molar-refractivity contribution >= 4 is 23.6 Å². The summed E-state index contributed by atoms with van der Waals surface area (Å²) in [6.45, 7) is 3.19. The molecule has 1 saturated heterocycles. The van der Waals surface area contributed by atoms with Crippen molar-refractivity contribution < 1.29 is 9.59 Å². The minimum atomic E-state index is -0.333. The number of carbonyl (C=O) groups excluding carboxylic acids is 2. The number of imide groups is 1. The average Bonchev–Trinajstić information content (AvgIpc) is 2.57. The summed E-state index contributed by atoms with van der Waals surface area (Å²) in [5.74, 6) is 3.93. The lowest BCUT2D eigenvalue weighted by atomic mass is 10.2. The number of thioether (sulfide) groups is 1. The predicted octanol–water partition coefficient (Wildman–Crippen LogP) is 0.480. The number of rotatable bonds is 7. The molecule has 1 atom stereocenters. The molecule has 1 N–H and O–H groups in total. The van der Waals surface area contributed by atoms with Gasteiger partial charge in [0.05, 0.1) is 18.2 Å². The number of terminal acetylenes is 1. The van der Waals surface area contributed by atoms with Gasteiger partial charge in [0, 0.05) is 18.8 Å². The zero-order valence-corrected chi connectivity index (χ0v) is 10.9. The van der Waals surface area contributed by atoms with Crippen LogP contribution in [0, 0.1) is 12.3 Å². The van der Waals surface area contributed by atoms with E-state index in [1.54, 1.807) is 11.8 Å². The molecular weight excluding hydrogens is 236 g/mol. The molecule has 17 heavy (non-hydrogen) atoms. The highest BCUT2D eigenvalue weighted by atomic mass is 32.2. The zero-order valence-electron chi connectivity index (χ0n) is 10.1. The summed E-state index contributed by atoms with van der Waals surface area (Å²) in [6, 6.07) is -0.333. The summed E-state index contributed by atoms with van der Waals surface area (Å²) in [5.41, 5.74) is 0. The van der Waals surface area contributed by atoms with E-state index in [1.165, 1.54) is 4.90 Å². The van der Waals surface area contributed by atoms with Crippen molar-refractivity contribution in [2.45, 2.75) is 25.8 Å². The fraction of sp³-hybridized carbons (Fsp3) is 0.667. The van der Waals surface area contributed by atoms with E-state index in [0.29, 0.717) is 25.3 Å². The van der Waals surface area contributed by atoms with E-state index in [1.807, 2.05) is 6.92 Å². The minimum Gasteiger partial charge on any atom is -0.305 e. The second kappa shape index (κ2) is 7.36. The molecule has 1 heterocycles. The molecule has 4 nitrogen and oxygen atoms in total. The van der Waals surface area contributed by atoms with Crippen LogP contribution >= 0.6 is 11.8 Å². The minimum absolute atomic E-state index is 0.0642. The van der Waals surface area contributed by atoms with Crippen molar-refractivity contribution in [3.05, 3.63) is 0 Å². The molecule has 0 saturated carbocycles. The summed E-state index contributed by atoms with van der Waals surface area (Å²) >= 11 is 1.64. The first-order valence-electron chi connectivity index (χ1n) is 5.79. The first-order valence-corrected chi connectivity index (χ1v) is 6.95. The van der Waals surface area contributed by atoms with E-state index in [2.05, 4.69) is 11.2 Å². The fourth-order valence-electron chi connectivity index (χ4n) is 1.74. The van der Waals surface area contributed by atoms with Gasteiger partial charge in [-0.15, -0.1) is 18.2 Å². The van der Waals surface area contributed by atoms with Crippen LogP contribution in [0.4, 0.5) is 0 Å². The Morgan fingerprint density at radius 3 is 3.00 bits per heavy atom. The Morgan fingerprint density at radius 2 is 2.35 bits per heavy atom. The zero-order chi connectivity index (χ0) is 12.7. The third-order valence-corrected chi connectivity index (χ3v) is 3.38. The molecule has 0 aromatic carbocycles. The summed E-state index contributed by atoms with van der Waals surface area (Å²) in [4.78, 5) is 24.7. The lowest BCUT2D eigenvalue weighted by molar-refractivity contribution is -0.138. The number of carbonyl (C=O) groups is 2. The number of hydrogen-bond donors (Lipinski definition) is 1. The standard InChI is InChI=1S/C12H18N2O2S/c1-3-6-14-11(15)9-10(12(14)16)13-5-8-17-7-4-2/h2,10,13H,3,5-9H2,1H3. The van der Waals surface area contributed by atoms with Crippen LogP contribution in [0.3, 0.4) is 0 Å². The Kier molecular flexibility index (Phi) is 6.09. The first-order chi connectivity index (χ1) is 8.20. The van der Waals surface area contributed by atoms with E-state index >= 15 is 0 Å². The van der Waals surface area contributed by atoms with Gasteiger partial charge < -0.3 is 5.32 Å². The van der Waals surface area contributed by atoms with Gasteiger partial charge >= 0.3 is 0 Å². The van der Waals surface area contributed by atoms with E-state index in [9.17, 15) is 9.59 Å². The van der Waals surface area contributed by atoms with Gasteiger partial charge in [-0.25, -0.2) is 0 Å². The van der Waals surface area contributed by atoms with E-state index < -0.39 is 0 Å². The predicted molar refractivity (Wildman–Crippen MR) is 69.6 cm³/mol. The van der Waals surface area contributed by atoms with Gasteiger partial charge in [-0.2, -0.15) is 0 Å². The van der Waals surface area contributed by atoms with E-state index in [-0.39, 0.29) is 17.9 Å². The van der Waals surface area contributed by atoms with Crippen molar-refractivity contribution in [3.8, 4) is 12.3 Å². The maximum Gasteiger partial charge on any atom is 0.246 e. The van der Waals surface area contributed by atoms with Crippen molar-refractivity contribution in [1.82, 2.24) is 10.2 Å². The maximum absolute atomic E-state index is 11.8. The molecule has 0 aliphatic carbocycles. The van der Waals surface area contributed by atoms with Gasteiger partial charge in [0.15, 0.2) is 0 Å². The van der Waals surface area contributed by atoms with E-state index in [4.69, 9.17) is 6.42 Å². The molecule has 1 fully saturated rings. The number of nitrogens with zero attached hydrogens (tertiary/aromatic N) is 1. The van der Waals surface area contributed by atoms with Crippen LogP contribution in [0.5, 0.6) is 0 Å². The molecule has 1 unspecified atom stereocenters. The second-order valence-electron chi connectivity index (χ2n) is 3.85. The molecule has 1 aliphatic rings. The smallest absolute Gasteiger partial charge is 0.246 e. The SMILES string of the molecule is C#CCSCCNC1CC(=O)N(CCC)C1=O. The quantitative estimate of drug-likeness (QED) is 0.408.